The van der Waals surface area contributed by atoms with Gasteiger partial charge in [-0.3, -0.25) is 14.5 Å². The van der Waals surface area contributed by atoms with E-state index in [2.05, 4.69) is 10.3 Å². The average molecular weight is 457 g/mol. The highest BCUT2D eigenvalue weighted by Gasteiger charge is 2.37. The molecule has 3 rings (SSSR count). The van der Waals surface area contributed by atoms with Crippen LogP contribution in [0.1, 0.15) is 12.0 Å². The summed E-state index contributed by atoms with van der Waals surface area (Å²) < 4.78 is 0. The zero-order valence-electron chi connectivity index (χ0n) is 15.0. The van der Waals surface area contributed by atoms with Gasteiger partial charge in [-0.1, -0.05) is 58.7 Å². The molecular weight excluding hydrogens is 441 g/mol. The number of amidine groups is 1. The predicted octanol–water partition coefficient (Wildman–Crippen LogP) is 5.55. The fraction of sp³-hybridized carbons (Fsp3) is 0.211. The van der Waals surface area contributed by atoms with Crippen LogP contribution in [0.4, 0.5) is 11.4 Å². The maximum Gasteiger partial charge on any atom is 0.242 e. The number of hydrogen-bond donors (Lipinski definition) is 1. The van der Waals surface area contributed by atoms with Gasteiger partial charge in [0, 0.05) is 24.2 Å². The lowest BCUT2D eigenvalue weighted by Gasteiger charge is -2.11. The first-order valence-corrected chi connectivity index (χ1v) is 10.3. The van der Waals surface area contributed by atoms with E-state index in [0.29, 0.717) is 31.6 Å². The highest BCUT2D eigenvalue weighted by molar-refractivity contribution is 8.15. The number of hydrogen-bond acceptors (Lipinski definition) is 4. The van der Waals surface area contributed by atoms with E-state index in [0.717, 1.165) is 5.56 Å². The molecule has 2 amide bonds. The Morgan fingerprint density at radius 3 is 2.75 bits per heavy atom. The van der Waals surface area contributed by atoms with E-state index in [4.69, 9.17) is 34.8 Å². The van der Waals surface area contributed by atoms with E-state index in [1.807, 2.05) is 13.0 Å². The van der Waals surface area contributed by atoms with E-state index < -0.39 is 5.25 Å². The maximum atomic E-state index is 12.5. The third-order valence-electron chi connectivity index (χ3n) is 4.13. The monoisotopic (exact) mass is 455 g/mol. The Kier molecular flexibility index (Phi) is 6.55. The molecule has 2 aromatic rings. The summed E-state index contributed by atoms with van der Waals surface area (Å²) in [5, 5.41) is 3.93. The first-order chi connectivity index (χ1) is 13.3. The van der Waals surface area contributed by atoms with Gasteiger partial charge < -0.3 is 5.32 Å². The lowest BCUT2D eigenvalue weighted by atomic mass is 10.2. The summed E-state index contributed by atoms with van der Waals surface area (Å²) in [6.45, 7) is 1.87. The topological polar surface area (TPSA) is 61.8 Å². The minimum Gasteiger partial charge on any atom is -0.326 e. The van der Waals surface area contributed by atoms with Gasteiger partial charge in [-0.15, -0.1) is 0 Å². The van der Waals surface area contributed by atoms with Crippen LogP contribution in [-0.4, -0.2) is 34.2 Å². The average Bonchev–Trinajstić information content (AvgIpc) is 2.90. The molecule has 0 bridgehead atoms. The highest BCUT2D eigenvalue weighted by atomic mass is 35.5. The second kappa shape index (κ2) is 8.74. The number of amides is 2. The Labute approximate surface area is 182 Å². The second-order valence-electron chi connectivity index (χ2n) is 6.18. The number of anilines is 1. The number of nitrogens with zero attached hydrogens (tertiary/aromatic N) is 2. The molecule has 146 valence electrons. The first kappa shape index (κ1) is 21.0. The normalized spacial score (nSPS) is 18.0. The molecule has 1 saturated heterocycles. The smallest absolute Gasteiger partial charge is 0.242 e. The Bertz CT molecular complexity index is 981. The predicted molar refractivity (Wildman–Crippen MR) is 117 cm³/mol. The number of nitrogens with one attached hydrogen (secondary N) is 1. The Morgan fingerprint density at radius 1 is 1.25 bits per heavy atom. The minimum atomic E-state index is -0.568. The molecule has 0 spiro atoms. The summed E-state index contributed by atoms with van der Waals surface area (Å²) in [4.78, 5) is 30.8. The van der Waals surface area contributed by atoms with Gasteiger partial charge in [-0.2, -0.15) is 0 Å². The van der Waals surface area contributed by atoms with Gasteiger partial charge in [0.1, 0.15) is 5.25 Å². The van der Waals surface area contributed by atoms with Crippen molar-refractivity contribution in [1.82, 2.24) is 4.90 Å². The van der Waals surface area contributed by atoms with Crippen LogP contribution in [0.3, 0.4) is 0 Å². The molecule has 28 heavy (non-hydrogen) atoms. The largest absolute Gasteiger partial charge is 0.326 e. The van der Waals surface area contributed by atoms with Crippen molar-refractivity contribution in [2.75, 3.05) is 12.4 Å². The number of halogens is 3. The molecule has 1 N–H and O–H groups in total. The minimum absolute atomic E-state index is 0.0160. The molecule has 0 radical (unpaired) electrons. The van der Waals surface area contributed by atoms with Crippen LogP contribution in [0.25, 0.3) is 0 Å². The number of benzene rings is 2. The van der Waals surface area contributed by atoms with Crippen molar-refractivity contribution in [1.29, 1.82) is 0 Å². The molecule has 1 unspecified atom stereocenters. The maximum absolute atomic E-state index is 12.5. The fourth-order valence-electron chi connectivity index (χ4n) is 2.58. The molecule has 0 aromatic heterocycles. The van der Waals surface area contributed by atoms with E-state index in [-0.39, 0.29) is 18.2 Å². The summed E-state index contributed by atoms with van der Waals surface area (Å²) in [5.41, 5.74) is 1.98. The van der Waals surface area contributed by atoms with Gasteiger partial charge in [0.2, 0.25) is 11.8 Å². The van der Waals surface area contributed by atoms with Crippen LogP contribution >= 0.6 is 46.6 Å². The van der Waals surface area contributed by atoms with Crippen LogP contribution < -0.4 is 5.32 Å². The molecule has 5 nitrogen and oxygen atoms in total. The van der Waals surface area contributed by atoms with Crippen LogP contribution in [-0.2, 0) is 9.59 Å². The van der Waals surface area contributed by atoms with Gasteiger partial charge in [0.25, 0.3) is 0 Å². The van der Waals surface area contributed by atoms with Crippen molar-refractivity contribution in [3.05, 3.63) is 57.0 Å². The third-order valence-corrected chi connectivity index (χ3v) is 6.41. The van der Waals surface area contributed by atoms with E-state index in [1.54, 1.807) is 37.4 Å². The number of aliphatic imine (C=N–C) groups is 1. The first-order valence-electron chi connectivity index (χ1n) is 8.29. The van der Waals surface area contributed by atoms with Gasteiger partial charge in [0.15, 0.2) is 5.17 Å². The van der Waals surface area contributed by atoms with Crippen LogP contribution in [0.2, 0.25) is 15.1 Å². The molecule has 1 atom stereocenters. The highest BCUT2D eigenvalue weighted by Crippen LogP contribution is 2.36. The number of carbonyl (C=O) groups excluding carboxylic acids is 2. The van der Waals surface area contributed by atoms with E-state index in [1.165, 1.54) is 16.7 Å². The fourth-order valence-corrected chi connectivity index (χ4v) is 4.23. The summed E-state index contributed by atoms with van der Waals surface area (Å²) in [5.74, 6) is -0.466. The van der Waals surface area contributed by atoms with Gasteiger partial charge in [-0.25, -0.2) is 4.99 Å². The lowest BCUT2D eigenvalue weighted by Crippen LogP contribution is -2.30. The van der Waals surface area contributed by atoms with Crippen LogP contribution in [0.5, 0.6) is 0 Å². The summed E-state index contributed by atoms with van der Waals surface area (Å²) >= 11 is 19.4. The summed E-state index contributed by atoms with van der Waals surface area (Å²) in [7, 11) is 1.62. The van der Waals surface area contributed by atoms with Gasteiger partial charge in [-0.05, 0) is 36.8 Å². The zero-order chi connectivity index (χ0) is 20.4. The summed E-state index contributed by atoms with van der Waals surface area (Å²) in [6.07, 6.45) is 0.0160. The molecule has 1 heterocycles. The SMILES string of the molecule is Cc1ccc(Cl)cc1NC(=O)CC1SC(=Nc2cccc(Cl)c2Cl)N(C)C1=O. The number of thioether (sulfide) groups is 1. The second-order valence-corrected chi connectivity index (χ2v) is 8.57. The van der Waals surface area contributed by atoms with Crippen molar-refractivity contribution >= 4 is 74.9 Å². The Morgan fingerprint density at radius 2 is 2.00 bits per heavy atom. The molecule has 0 saturated carbocycles. The van der Waals surface area contributed by atoms with Crippen molar-refractivity contribution in [2.45, 2.75) is 18.6 Å². The molecular formula is C19H16Cl3N3O2S. The van der Waals surface area contributed by atoms with Crippen molar-refractivity contribution in [2.24, 2.45) is 4.99 Å². The van der Waals surface area contributed by atoms with Crippen molar-refractivity contribution < 1.29 is 9.59 Å². The van der Waals surface area contributed by atoms with Gasteiger partial charge in [0.05, 0.1) is 15.7 Å². The summed E-state index contributed by atoms with van der Waals surface area (Å²) in [6, 6.07) is 10.4. The van der Waals surface area contributed by atoms with Crippen molar-refractivity contribution in [3.63, 3.8) is 0 Å². The molecule has 1 aliphatic rings. The van der Waals surface area contributed by atoms with Gasteiger partial charge >= 0.3 is 0 Å². The molecule has 1 aliphatic heterocycles. The van der Waals surface area contributed by atoms with Crippen LogP contribution in [0.15, 0.2) is 41.4 Å². The lowest BCUT2D eigenvalue weighted by molar-refractivity contribution is -0.127. The molecule has 0 aliphatic carbocycles. The quantitative estimate of drug-likeness (QED) is 0.656. The van der Waals surface area contributed by atoms with Crippen molar-refractivity contribution in [3.8, 4) is 0 Å². The molecule has 9 heteroatoms. The third kappa shape index (κ3) is 4.63. The zero-order valence-corrected chi connectivity index (χ0v) is 18.1. The Hall–Kier alpha value is -1.73. The molecule has 2 aromatic carbocycles. The standard InChI is InChI=1S/C19H16Cl3N3O2S/c1-10-6-7-11(20)8-14(10)23-16(26)9-15-18(27)25(2)19(28-15)24-13-5-3-4-12(21)17(13)22/h3-8,15H,9H2,1-2H3,(H,23,26). The molecule has 1 fully saturated rings. The number of carbonyl (C=O) groups is 2. The number of rotatable bonds is 4. The van der Waals surface area contributed by atoms with E-state index >= 15 is 0 Å². The Balaban J connectivity index is 1.73. The van der Waals surface area contributed by atoms with Crippen LogP contribution in [0, 0.1) is 6.92 Å². The van der Waals surface area contributed by atoms with E-state index in [9.17, 15) is 9.59 Å². The number of aryl methyl sites for hydroxylation is 1.